The number of amides is 1. The third kappa shape index (κ3) is 4.03. The maximum absolute atomic E-state index is 13.6. The van der Waals surface area contributed by atoms with Crippen LogP contribution in [0.3, 0.4) is 0 Å². The molecule has 1 amide bonds. The van der Waals surface area contributed by atoms with Crippen molar-refractivity contribution in [2.75, 3.05) is 13.6 Å². The second-order valence-corrected chi connectivity index (χ2v) is 9.19. The number of rotatable bonds is 4. The molecule has 0 saturated heterocycles. The quantitative estimate of drug-likeness (QED) is 0.699. The van der Waals surface area contributed by atoms with E-state index in [9.17, 15) is 9.18 Å². The van der Waals surface area contributed by atoms with Gasteiger partial charge in [0.05, 0.1) is 11.0 Å². The fraction of sp³-hybridized carbons (Fsp3) is 0.579. The zero-order valence-corrected chi connectivity index (χ0v) is 17.5. The van der Waals surface area contributed by atoms with E-state index >= 15 is 0 Å². The van der Waals surface area contributed by atoms with E-state index < -0.39 is 5.60 Å². The lowest BCUT2D eigenvalue weighted by Gasteiger charge is -2.28. The van der Waals surface area contributed by atoms with Crippen molar-refractivity contribution in [3.63, 3.8) is 0 Å². The smallest absolute Gasteiger partial charge is 0.410 e. The highest BCUT2D eigenvalue weighted by molar-refractivity contribution is 9.10. The van der Waals surface area contributed by atoms with Gasteiger partial charge in [-0.05, 0) is 62.5 Å². The van der Waals surface area contributed by atoms with Crippen LogP contribution < -0.4 is 0 Å². The topological polar surface area (TPSA) is 47.4 Å². The molecule has 3 rings (SSSR count). The van der Waals surface area contributed by atoms with Crippen LogP contribution in [0.25, 0.3) is 11.0 Å². The number of aryl methyl sites for hydroxylation is 1. The molecule has 0 bridgehead atoms. The zero-order chi connectivity index (χ0) is 19.3. The van der Waals surface area contributed by atoms with Crippen molar-refractivity contribution in [2.24, 2.45) is 5.41 Å². The third-order valence-electron chi connectivity index (χ3n) is 4.68. The molecule has 0 spiro atoms. The molecule has 0 aliphatic heterocycles. The van der Waals surface area contributed by atoms with Crippen LogP contribution in [0.1, 0.15) is 39.4 Å². The molecule has 1 heterocycles. The van der Waals surface area contributed by atoms with Crippen LogP contribution in [0.4, 0.5) is 9.18 Å². The number of carbonyl (C=O) groups is 1. The van der Waals surface area contributed by atoms with Crippen molar-refractivity contribution >= 4 is 33.1 Å². The molecule has 1 aliphatic carbocycles. The number of benzene rings is 1. The van der Waals surface area contributed by atoms with E-state index in [4.69, 9.17) is 4.74 Å². The van der Waals surface area contributed by atoms with Gasteiger partial charge in [-0.2, -0.15) is 0 Å². The van der Waals surface area contributed by atoms with Gasteiger partial charge in [-0.25, -0.2) is 14.2 Å². The van der Waals surface area contributed by atoms with Gasteiger partial charge in [0.1, 0.15) is 17.2 Å². The van der Waals surface area contributed by atoms with Gasteiger partial charge in [0.25, 0.3) is 0 Å². The van der Waals surface area contributed by atoms with Gasteiger partial charge < -0.3 is 14.2 Å². The molecule has 142 valence electrons. The fourth-order valence-electron chi connectivity index (χ4n) is 3.28. The number of hydrogen-bond acceptors (Lipinski definition) is 3. The van der Waals surface area contributed by atoms with E-state index in [1.54, 1.807) is 11.9 Å². The summed E-state index contributed by atoms with van der Waals surface area (Å²) in [6.45, 7) is 8.89. The first kappa shape index (κ1) is 19.1. The van der Waals surface area contributed by atoms with Crippen LogP contribution in [-0.4, -0.2) is 39.7 Å². The Balaban J connectivity index is 1.80. The van der Waals surface area contributed by atoms with Crippen LogP contribution in [0.15, 0.2) is 16.6 Å². The first-order valence-electron chi connectivity index (χ1n) is 8.76. The SMILES string of the molecule is Cc1nc2cc(F)cc(Br)c2n1CC1(CN(C)C(=O)OC(C)(C)C)CC1. The van der Waals surface area contributed by atoms with Crippen molar-refractivity contribution in [1.29, 1.82) is 0 Å². The predicted octanol–water partition coefficient (Wildman–Crippen LogP) is 4.89. The highest BCUT2D eigenvalue weighted by Crippen LogP contribution is 2.48. The van der Waals surface area contributed by atoms with Crippen LogP contribution in [0, 0.1) is 18.2 Å². The fourth-order valence-corrected chi connectivity index (χ4v) is 3.92. The van der Waals surface area contributed by atoms with Crippen molar-refractivity contribution in [2.45, 2.75) is 52.7 Å². The monoisotopic (exact) mass is 425 g/mol. The van der Waals surface area contributed by atoms with Crippen LogP contribution >= 0.6 is 15.9 Å². The van der Waals surface area contributed by atoms with Crippen molar-refractivity contribution in [1.82, 2.24) is 14.5 Å². The average Bonchev–Trinajstić information content (AvgIpc) is 3.15. The van der Waals surface area contributed by atoms with Crippen molar-refractivity contribution in [3.05, 3.63) is 28.2 Å². The Morgan fingerprint density at radius 3 is 2.65 bits per heavy atom. The Kier molecular flexibility index (Phi) is 4.80. The molecule has 2 aromatic rings. The molecule has 0 radical (unpaired) electrons. The van der Waals surface area contributed by atoms with E-state index in [1.165, 1.54) is 12.1 Å². The molecule has 0 unspecified atom stereocenters. The van der Waals surface area contributed by atoms with E-state index in [1.807, 2.05) is 27.7 Å². The van der Waals surface area contributed by atoms with Crippen molar-refractivity contribution < 1.29 is 13.9 Å². The normalized spacial score (nSPS) is 16.0. The van der Waals surface area contributed by atoms with Crippen LogP contribution in [-0.2, 0) is 11.3 Å². The summed E-state index contributed by atoms with van der Waals surface area (Å²) < 4.78 is 21.9. The standard InChI is InChI=1S/C19H25BrFN3O2/c1-12-22-15-9-13(21)8-14(20)16(15)24(12)11-19(6-7-19)10-23(5)17(25)26-18(2,3)4/h8-9H,6-7,10-11H2,1-5H3. The van der Waals surface area contributed by atoms with Gasteiger partial charge in [-0.3, -0.25) is 0 Å². The molecule has 1 aromatic heterocycles. The number of imidazole rings is 1. The Morgan fingerprint density at radius 2 is 2.08 bits per heavy atom. The van der Waals surface area contributed by atoms with E-state index in [0.717, 1.165) is 30.7 Å². The Bertz CT molecular complexity index is 853. The molecule has 1 aliphatic rings. The van der Waals surface area contributed by atoms with Gasteiger partial charge >= 0.3 is 6.09 Å². The van der Waals surface area contributed by atoms with Gasteiger partial charge in [0.15, 0.2) is 0 Å². The number of nitrogens with zero attached hydrogens (tertiary/aromatic N) is 3. The number of ether oxygens (including phenoxy) is 1. The highest BCUT2D eigenvalue weighted by Gasteiger charge is 2.45. The van der Waals surface area contributed by atoms with E-state index in [-0.39, 0.29) is 17.3 Å². The molecular weight excluding hydrogens is 401 g/mol. The molecule has 1 aromatic carbocycles. The maximum Gasteiger partial charge on any atom is 0.410 e. The molecule has 0 N–H and O–H groups in total. The highest BCUT2D eigenvalue weighted by atomic mass is 79.9. The summed E-state index contributed by atoms with van der Waals surface area (Å²) in [5.41, 5.74) is 1.05. The molecule has 5 nitrogen and oxygen atoms in total. The molecule has 1 fully saturated rings. The molecule has 0 atom stereocenters. The van der Waals surface area contributed by atoms with Gasteiger partial charge in [0.2, 0.25) is 0 Å². The van der Waals surface area contributed by atoms with Gasteiger partial charge in [0, 0.05) is 36.1 Å². The Morgan fingerprint density at radius 1 is 1.42 bits per heavy atom. The number of aromatic nitrogens is 2. The number of hydrogen-bond donors (Lipinski definition) is 0. The third-order valence-corrected chi connectivity index (χ3v) is 5.28. The summed E-state index contributed by atoms with van der Waals surface area (Å²) in [6, 6.07) is 2.92. The number of fused-ring (bicyclic) bond motifs is 1. The average molecular weight is 426 g/mol. The first-order valence-corrected chi connectivity index (χ1v) is 9.55. The minimum Gasteiger partial charge on any atom is -0.444 e. The van der Waals surface area contributed by atoms with Crippen LogP contribution in [0.5, 0.6) is 0 Å². The van der Waals surface area contributed by atoms with Gasteiger partial charge in [-0.15, -0.1) is 0 Å². The number of carbonyl (C=O) groups excluding carboxylic acids is 1. The lowest BCUT2D eigenvalue weighted by molar-refractivity contribution is 0.0258. The van der Waals surface area contributed by atoms with Crippen molar-refractivity contribution in [3.8, 4) is 0 Å². The summed E-state index contributed by atoms with van der Waals surface area (Å²) in [5.74, 6) is 0.539. The molecule has 1 saturated carbocycles. The Hall–Kier alpha value is -1.63. The van der Waals surface area contributed by atoms with Gasteiger partial charge in [-0.1, -0.05) is 0 Å². The molecule has 26 heavy (non-hydrogen) atoms. The summed E-state index contributed by atoms with van der Waals surface area (Å²) in [7, 11) is 1.78. The predicted molar refractivity (Wildman–Crippen MR) is 103 cm³/mol. The number of halogens is 2. The second kappa shape index (κ2) is 6.51. The largest absolute Gasteiger partial charge is 0.444 e. The van der Waals surface area contributed by atoms with E-state index in [0.29, 0.717) is 16.5 Å². The minimum atomic E-state index is -0.506. The summed E-state index contributed by atoms with van der Waals surface area (Å²) in [5, 5.41) is 0. The maximum atomic E-state index is 13.6. The van der Waals surface area contributed by atoms with E-state index in [2.05, 4.69) is 25.5 Å². The Labute approximate surface area is 161 Å². The zero-order valence-electron chi connectivity index (χ0n) is 15.9. The second-order valence-electron chi connectivity index (χ2n) is 8.34. The first-order chi connectivity index (χ1) is 12.0. The molecular formula is C19H25BrFN3O2. The molecule has 7 heteroatoms. The lowest BCUT2D eigenvalue weighted by Crippen LogP contribution is -2.38. The van der Waals surface area contributed by atoms with Crippen LogP contribution in [0.2, 0.25) is 0 Å². The summed E-state index contributed by atoms with van der Waals surface area (Å²) in [4.78, 5) is 18.4. The summed E-state index contributed by atoms with van der Waals surface area (Å²) >= 11 is 3.46. The minimum absolute atomic E-state index is 0.0118. The summed E-state index contributed by atoms with van der Waals surface area (Å²) in [6.07, 6.45) is 1.77. The lowest BCUT2D eigenvalue weighted by atomic mass is 10.1.